The van der Waals surface area contributed by atoms with Gasteiger partial charge in [0.25, 0.3) is 0 Å². The van der Waals surface area contributed by atoms with Crippen LogP contribution in [0.5, 0.6) is 0 Å². The Kier molecular flexibility index (Phi) is 3.81. The molecule has 1 aliphatic rings. The SMILES string of the molecule is COC(=O)NC1CCN(c2ccc(Cl)cc2N)C1. The third-order valence-corrected chi connectivity index (χ3v) is 3.26. The molecule has 6 heteroatoms. The minimum Gasteiger partial charge on any atom is -0.453 e. The number of methoxy groups -OCH3 is 1. The number of nitrogen functional groups attached to an aromatic ring is 1. The summed E-state index contributed by atoms with van der Waals surface area (Å²) in [6.45, 7) is 1.57. The van der Waals surface area contributed by atoms with Gasteiger partial charge in [-0.05, 0) is 24.6 Å². The van der Waals surface area contributed by atoms with Gasteiger partial charge < -0.3 is 20.7 Å². The Balaban J connectivity index is 2.02. The van der Waals surface area contributed by atoms with Gasteiger partial charge in [0.2, 0.25) is 0 Å². The van der Waals surface area contributed by atoms with Gasteiger partial charge in [-0.2, -0.15) is 0 Å². The Bertz CT molecular complexity index is 453. The lowest BCUT2D eigenvalue weighted by Crippen LogP contribution is -2.37. The lowest BCUT2D eigenvalue weighted by molar-refractivity contribution is 0.167. The van der Waals surface area contributed by atoms with Gasteiger partial charge in [0.1, 0.15) is 0 Å². The van der Waals surface area contributed by atoms with Crippen molar-refractivity contribution in [1.82, 2.24) is 5.32 Å². The largest absolute Gasteiger partial charge is 0.453 e. The number of anilines is 2. The number of hydrogen-bond donors (Lipinski definition) is 2. The van der Waals surface area contributed by atoms with E-state index in [1.54, 1.807) is 6.07 Å². The van der Waals surface area contributed by atoms with Crippen LogP contribution in [-0.4, -0.2) is 32.3 Å². The van der Waals surface area contributed by atoms with E-state index in [1.165, 1.54) is 7.11 Å². The van der Waals surface area contributed by atoms with Crippen molar-refractivity contribution in [3.63, 3.8) is 0 Å². The van der Waals surface area contributed by atoms with Gasteiger partial charge in [-0.1, -0.05) is 11.6 Å². The molecule has 0 bridgehead atoms. The topological polar surface area (TPSA) is 67.6 Å². The maximum Gasteiger partial charge on any atom is 0.407 e. The van der Waals surface area contributed by atoms with Crippen LogP contribution < -0.4 is 16.0 Å². The fraction of sp³-hybridized carbons (Fsp3) is 0.417. The van der Waals surface area contributed by atoms with Crippen molar-refractivity contribution in [1.29, 1.82) is 0 Å². The second-order valence-electron chi connectivity index (χ2n) is 4.27. The standard InChI is InChI=1S/C12H16ClN3O2/c1-18-12(17)15-9-4-5-16(7-9)11-3-2-8(13)6-10(11)14/h2-3,6,9H,4-5,7,14H2,1H3,(H,15,17). The molecule has 3 N–H and O–H groups in total. The first-order valence-electron chi connectivity index (χ1n) is 5.74. The molecule has 18 heavy (non-hydrogen) atoms. The number of nitrogens with two attached hydrogens (primary N) is 1. The third kappa shape index (κ3) is 2.79. The fourth-order valence-corrected chi connectivity index (χ4v) is 2.32. The van der Waals surface area contributed by atoms with Crippen molar-refractivity contribution >= 4 is 29.1 Å². The first kappa shape index (κ1) is 12.8. The van der Waals surface area contributed by atoms with Gasteiger partial charge in [0.05, 0.1) is 24.5 Å². The van der Waals surface area contributed by atoms with Crippen LogP contribution in [0.3, 0.4) is 0 Å². The predicted molar refractivity (Wildman–Crippen MR) is 72.0 cm³/mol. The monoisotopic (exact) mass is 269 g/mol. The van der Waals surface area contributed by atoms with Crippen LogP contribution in [0.1, 0.15) is 6.42 Å². The summed E-state index contributed by atoms with van der Waals surface area (Å²) < 4.78 is 4.58. The Morgan fingerprint density at radius 3 is 3.06 bits per heavy atom. The summed E-state index contributed by atoms with van der Waals surface area (Å²) in [7, 11) is 1.36. The lowest BCUT2D eigenvalue weighted by Gasteiger charge is -2.20. The number of nitrogens with one attached hydrogen (secondary N) is 1. The molecule has 1 unspecified atom stereocenters. The normalized spacial score (nSPS) is 18.8. The van der Waals surface area contributed by atoms with Gasteiger partial charge in [0.15, 0.2) is 0 Å². The number of alkyl carbamates (subject to hydrolysis) is 1. The molecule has 0 aromatic heterocycles. The second-order valence-corrected chi connectivity index (χ2v) is 4.71. The van der Waals surface area contributed by atoms with Gasteiger partial charge in [-0.15, -0.1) is 0 Å². The molecule has 0 aliphatic carbocycles. The zero-order valence-electron chi connectivity index (χ0n) is 10.1. The molecule has 1 heterocycles. The molecule has 1 aromatic rings. The van der Waals surface area contributed by atoms with Gasteiger partial charge >= 0.3 is 6.09 Å². The van der Waals surface area contributed by atoms with E-state index >= 15 is 0 Å². The number of ether oxygens (including phenoxy) is 1. The van der Waals surface area contributed by atoms with E-state index in [1.807, 2.05) is 12.1 Å². The Hall–Kier alpha value is -1.62. The maximum atomic E-state index is 11.1. The molecule has 98 valence electrons. The molecule has 1 aromatic carbocycles. The smallest absolute Gasteiger partial charge is 0.407 e. The summed E-state index contributed by atoms with van der Waals surface area (Å²) in [4.78, 5) is 13.3. The summed E-state index contributed by atoms with van der Waals surface area (Å²) in [5.41, 5.74) is 7.54. The minimum absolute atomic E-state index is 0.0903. The van der Waals surface area contributed by atoms with Crippen molar-refractivity contribution in [2.75, 3.05) is 30.8 Å². The van der Waals surface area contributed by atoms with E-state index in [2.05, 4.69) is 15.0 Å². The summed E-state index contributed by atoms with van der Waals surface area (Å²) in [5.74, 6) is 0. The number of nitrogens with zero attached hydrogens (tertiary/aromatic N) is 1. The van der Waals surface area contributed by atoms with Crippen LogP contribution in [0.2, 0.25) is 5.02 Å². The zero-order valence-corrected chi connectivity index (χ0v) is 10.9. The molecule has 1 saturated heterocycles. The van der Waals surface area contributed by atoms with Crippen LogP contribution in [0.25, 0.3) is 0 Å². The van der Waals surface area contributed by atoms with Crippen LogP contribution in [0.4, 0.5) is 16.2 Å². The highest BCUT2D eigenvalue weighted by Crippen LogP contribution is 2.29. The lowest BCUT2D eigenvalue weighted by atomic mass is 10.2. The van der Waals surface area contributed by atoms with E-state index in [4.69, 9.17) is 17.3 Å². The molecule has 1 atom stereocenters. The van der Waals surface area contributed by atoms with Crippen molar-refractivity contribution in [3.05, 3.63) is 23.2 Å². The molecule has 2 rings (SSSR count). The number of rotatable bonds is 2. The van der Waals surface area contributed by atoms with E-state index in [0.717, 1.165) is 25.2 Å². The quantitative estimate of drug-likeness (QED) is 0.804. The highest BCUT2D eigenvalue weighted by Gasteiger charge is 2.25. The second kappa shape index (κ2) is 5.35. The van der Waals surface area contributed by atoms with Crippen molar-refractivity contribution in [2.45, 2.75) is 12.5 Å². The number of carbonyl (C=O) groups excluding carboxylic acids is 1. The number of halogens is 1. The maximum absolute atomic E-state index is 11.1. The summed E-state index contributed by atoms with van der Waals surface area (Å²) in [5, 5.41) is 3.41. The third-order valence-electron chi connectivity index (χ3n) is 3.03. The van der Waals surface area contributed by atoms with Crippen molar-refractivity contribution in [2.24, 2.45) is 0 Å². The molecular weight excluding hydrogens is 254 g/mol. The highest BCUT2D eigenvalue weighted by molar-refractivity contribution is 6.31. The molecule has 0 saturated carbocycles. The molecule has 1 amide bonds. The fourth-order valence-electron chi connectivity index (χ4n) is 2.14. The van der Waals surface area contributed by atoms with Gasteiger partial charge in [0, 0.05) is 18.1 Å². The number of amides is 1. The first-order chi connectivity index (χ1) is 8.60. The van der Waals surface area contributed by atoms with E-state index < -0.39 is 6.09 Å². The van der Waals surface area contributed by atoms with Crippen LogP contribution in [0.15, 0.2) is 18.2 Å². The average Bonchev–Trinajstić information content (AvgIpc) is 2.77. The summed E-state index contributed by atoms with van der Waals surface area (Å²) >= 11 is 5.87. The summed E-state index contributed by atoms with van der Waals surface area (Å²) in [6.07, 6.45) is 0.475. The predicted octanol–water partition coefficient (Wildman–Crippen LogP) is 1.86. The number of hydrogen-bond acceptors (Lipinski definition) is 4. The molecule has 0 spiro atoms. The highest BCUT2D eigenvalue weighted by atomic mass is 35.5. The van der Waals surface area contributed by atoms with Crippen molar-refractivity contribution in [3.8, 4) is 0 Å². The van der Waals surface area contributed by atoms with Crippen LogP contribution >= 0.6 is 11.6 Å². The molecule has 5 nitrogen and oxygen atoms in total. The van der Waals surface area contributed by atoms with Crippen molar-refractivity contribution < 1.29 is 9.53 Å². The van der Waals surface area contributed by atoms with E-state index in [0.29, 0.717) is 10.7 Å². The minimum atomic E-state index is -0.397. The van der Waals surface area contributed by atoms with E-state index in [9.17, 15) is 4.79 Å². The molecule has 1 fully saturated rings. The first-order valence-corrected chi connectivity index (χ1v) is 6.12. The molecule has 0 radical (unpaired) electrons. The van der Waals surface area contributed by atoms with Crippen LogP contribution in [0, 0.1) is 0 Å². The average molecular weight is 270 g/mol. The molecular formula is C12H16ClN3O2. The molecule has 1 aliphatic heterocycles. The summed E-state index contributed by atoms with van der Waals surface area (Å²) in [6, 6.07) is 5.54. The van der Waals surface area contributed by atoms with Gasteiger partial charge in [-0.3, -0.25) is 0 Å². The van der Waals surface area contributed by atoms with Gasteiger partial charge in [-0.25, -0.2) is 4.79 Å². The number of carbonyl (C=O) groups is 1. The Morgan fingerprint density at radius 1 is 1.61 bits per heavy atom. The number of benzene rings is 1. The van der Waals surface area contributed by atoms with E-state index in [-0.39, 0.29) is 6.04 Å². The van der Waals surface area contributed by atoms with Crippen LogP contribution in [-0.2, 0) is 4.74 Å². The Labute approximate surface area is 111 Å². The Morgan fingerprint density at radius 2 is 2.39 bits per heavy atom. The zero-order chi connectivity index (χ0) is 13.1.